The number of amides is 1. The SMILES string of the molecule is CCCN1C(=O)C(O)=C(C(=O)c2cccs2)C1c1ccc(OC(C)=O)cc1. The number of ketones is 1. The number of benzene rings is 1. The van der Waals surface area contributed by atoms with E-state index in [1.807, 2.05) is 6.92 Å². The minimum Gasteiger partial charge on any atom is -0.503 e. The minimum absolute atomic E-state index is 0.0798. The molecule has 7 heteroatoms. The van der Waals surface area contributed by atoms with Gasteiger partial charge in [-0.1, -0.05) is 25.1 Å². The Hall–Kier alpha value is -2.93. The molecule has 2 heterocycles. The Morgan fingerprint density at radius 1 is 1.22 bits per heavy atom. The van der Waals surface area contributed by atoms with Crippen LogP contribution in [-0.4, -0.2) is 34.2 Å². The van der Waals surface area contributed by atoms with Gasteiger partial charge in [0.25, 0.3) is 5.91 Å². The zero-order valence-corrected chi connectivity index (χ0v) is 15.8. The second-order valence-corrected chi connectivity index (χ2v) is 7.08. The highest BCUT2D eigenvalue weighted by atomic mass is 32.1. The Kier molecular flexibility index (Phi) is 5.41. The van der Waals surface area contributed by atoms with Gasteiger partial charge in [0.1, 0.15) is 5.75 Å². The van der Waals surface area contributed by atoms with Crippen LogP contribution in [0.1, 0.15) is 41.5 Å². The van der Waals surface area contributed by atoms with Gasteiger partial charge >= 0.3 is 5.97 Å². The number of aliphatic hydroxyl groups is 1. The van der Waals surface area contributed by atoms with E-state index in [9.17, 15) is 19.5 Å². The minimum atomic E-state index is -0.682. The molecule has 1 aliphatic heterocycles. The maximum absolute atomic E-state index is 13.0. The molecule has 140 valence electrons. The molecule has 1 aliphatic rings. The van der Waals surface area contributed by atoms with Crippen LogP contribution in [0.25, 0.3) is 0 Å². The van der Waals surface area contributed by atoms with Crippen molar-refractivity contribution in [3.63, 3.8) is 0 Å². The number of nitrogens with zero attached hydrogens (tertiary/aromatic N) is 1. The van der Waals surface area contributed by atoms with Crippen molar-refractivity contribution in [2.75, 3.05) is 6.54 Å². The summed E-state index contributed by atoms with van der Waals surface area (Å²) in [7, 11) is 0. The summed E-state index contributed by atoms with van der Waals surface area (Å²) in [5.41, 5.74) is 0.743. The predicted octanol–water partition coefficient (Wildman–Crippen LogP) is 3.66. The van der Waals surface area contributed by atoms with Crippen LogP contribution >= 0.6 is 11.3 Å². The van der Waals surface area contributed by atoms with Crippen molar-refractivity contribution in [2.24, 2.45) is 0 Å². The van der Waals surface area contributed by atoms with Crippen molar-refractivity contribution in [1.29, 1.82) is 0 Å². The van der Waals surface area contributed by atoms with E-state index in [1.54, 1.807) is 41.8 Å². The molecule has 0 saturated heterocycles. The summed E-state index contributed by atoms with van der Waals surface area (Å²) in [6.45, 7) is 3.63. The molecule has 0 spiro atoms. The van der Waals surface area contributed by atoms with Crippen LogP contribution in [0.5, 0.6) is 5.75 Å². The molecule has 27 heavy (non-hydrogen) atoms. The van der Waals surface area contributed by atoms with Gasteiger partial charge in [-0.15, -0.1) is 11.3 Å². The number of thiophene rings is 1. The molecule has 0 bridgehead atoms. The summed E-state index contributed by atoms with van der Waals surface area (Å²) in [4.78, 5) is 38.6. The molecule has 0 saturated carbocycles. The van der Waals surface area contributed by atoms with Crippen LogP contribution < -0.4 is 4.74 Å². The molecule has 2 aromatic rings. The molecular formula is C20H19NO5S. The van der Waals surface area contributed by atoms with E-state index in [0.717, 1.165) is 0 Å². The van der Waals surface area contributed by atoms with E-state index in [4.69, 9.17) is 4.74 Å². The lowest BCUT2D eigenvalue weighted by molar-refractivity contribution is -0.132. The first-order chi connectivity index (χ1) is 12.9. The predicted molar refractivity (Wildman–Crippen MR) is 101 cm³/mol. The molecule has 0 aliphatic carbocycles. The van der Waals surface area contributed by atoms with Crippen molar-refractivity contribution in [1.82, 2.24) is 4.90 Å². The van der Waals surface area contributed by atoms with Crippen molar-refractivity contribution < 1.29 is 24.2 Å². The van der Waals surface area contributed by atoms with Crippen molar-refractivity contribution in [3.05, 3.63) is 63.6 Å². The quantitative estimate of drug-likeness (QED) is 0.466. The lowest BCUT2D eigenvalue weighted by Crippen LogP contribution is -2.31. The molecule has 1 N–H and O–H groups in total. The normalized spacial score (nSPS) is 16.7. The van der Waals surface area contributed by atoms with Crippen LogP contribution in [0, 0.1) is 0 Å². The fraction of sp³-hybridized carbons (Fsp3) is 0.250. The number of hydrogen-bond acceptors (Lipinski definition) is 6. The fourth-order valence-corrected chi connectivity index (χ4v) is 3.81. The number of ether oxygens (including phenoxy) is 1. The number of Topliss-reactive ketones (excluding diaryl/α,β-unsaturated/α-hetero) is 1. The van der Waals surface area contributed by atoms with Crippen LogP contribution in [0.4, 0.5) is 0 Å². The van der Waals surface area contributed by atoms with Crippen LogP contribution in [-0.2, 0) is 9.59 Å². The molecule has 3 rings (SSSR count). The van der Waals surface area contributed by atoms with Gasteiger partial charge in [-0.05, 0) is 35.6 Å². The number of hydrogen-bond donors (Lipinski definition) is 1. The average molecular weight is 385 g/mol. The summed E-state index contributed by atoms with van der Waals surface area (Å²) in [6.07, 6.45) is 0.682. The Morgan fingerprint density at radius 3 is 2.48 bits per heavy atom. The van der Waals surface area contributed by atoms with Crippen LogP contribution in [0.15, 0.2) is 53.1 Å². The Balaban J connectivity index is 2.03. The second kappa shape index (κ2) is 7.75. The first-order valence-electron chi connectivity index (χ1n) is 8.54. The summed E-state index contributed by atoms with van der Waals surface area (Å²) >= 11 is 1.26. The highest BCUT2D eigenvalue weighted by molar-refractivity contribution is 7.12. The van der Waals surface area contributed by atoms with Gasteiger partial charge in [0.15, 0.2) is 5.76 Å². The number of carbonyl (C=O) groups is 3. The zero-order valence-electron chi connectivity index (χ0n) is 15.0. The lowest BCUT2D eigenvalue weighted by Gasteiger charge is -2.26. The highest BCUT2D eigenvalue weighted by Crippen LogP contribution is 2.39. The third-order valence-electron chi connectivity index (χ3n) is 4.22. The van der Waals surface area contributed by atoms with Crippen molar-refractivity contribution >= 4 is 29.0 Å². The third-order valence-corrected chi connectivity index (χ3v) is 5.08. The van der Waals surface area contributed by atoms with Crippen LogP contribution in [0.3, 0.4) is 0 Å². The molecule has 1 amide bonds. The van der Waals surface area contributed by atoms with Gasteiger partial charge in [-0.3, -0.25) is 14.4 Å². The van der Waals surface area contributed by atoms with Crippen molar-refractivity contribution in [2.45, 2.75) is 26.3 Å². The molecule has 0 fully saturated rings. The van der Waals surface area contributed by atoms with E-state index in [0.29, 0.717) is 29.2 Å². The first kappa shape index (κ1) is 18.8. The van der Waals surface area contributed by atoms with Gasteiger partial charge in [-0.2, -0.15) is 0 Å². The summed E-state index contributed by atoms with van der Waals surface area (Å²) in [5.74, 6) is -1.47. The van der Waals surface area contributed by atoms with E-state index in [2.05, 4.69) is 0 Å². The first-order valence-corrected chi connectivity index (χ1v) is 9.42. The number of aliphatic hydroxyl groups excluding tert-OH is 1. The smallest absolute Gasteiger partial charge is 0.308 e. The van der Waals surface area contributed by atoms with Crippen molar-refractivity contribution in [3.8, 4) is 5.75 Å². The number of rotatable bonds is 6. The zero-order chi connectivity index (χ0) is 19.6. The van der Waals surface area contributed by atoms with E-state index in [1.165, 1.54) is 23.2 Å². The summed E-state index contributed by atoms with van der Waals surface area (Å²) < 4.78 is 5.04. The average Bonchev–Trinajstić information content (AvgIpc) is 3.25. The molecule has 6 nitrogen and oxygen atoms in total. The highest BCUT2D eigenvalue weighted by Gasteiger charge is 2.43. The molecule has 1 unspecified atom stereocenters. The topological polar surface area (TPSA) is 83.9 Å². The van der Waals surface area contributed by atoms with Gasteiger partial charge in [0.2, 0.25) is 5.78 Å². The van der Waals surface area contributed by atoms with E-state index in [-0.39, 0.29) is 11.4 Å². The third kappa shape index (κ3) is 3.64. The van der Waals surface area contributed by atoms with E-state index < -0.39 is 23.7 Å². The molecule has 1 atom stereocenters. The standard InChI is InChI=1S/C20H19NO5S/c1-3-10-21-17(13-6-8-14(9-7-13)26-12(2)22)16(19(24)20(21)25)18(23)15-5-4-11-27-15/h4-9,11,17,24H,3,10H2,1-2H3. The number of esters is 1. The maximum Gasteiger partial charge on any atom is 0.308 e. The molecule has 0 radical (unpaired) electrons. The molecule has 1 aromatic carbocycles. The Labute approximate surface area is 160 Å². The lowest BCUT2D eigenvalue weighted by atomic mass is 9.95. The van der Waals surface area contributed by atoms with Gasteiger partial charge < -0.3 is 14.7 Å². The Morgan fingerprint density at radius 2 is 1.93 bits per heavy atom. The van der Waals surface area contributed by atoms with Gasteiger partial charge in [0.05, 0.1) is 16.5 Å². The maximum atomic E-state index is 13.0. The largest absolute Gasteiger partial charge is 0.503 e. The monoisotopic (exact) mass is 385 g/mol. The van der Waals surface area contributed by atoms with Gasteiger partial charge in [0, 0.05) is 13.5 Å². The Bertz CT molecular complexity index is 899. The fourth-order valence-electron chi connectivity index (χ4n) is 3.13. The van der Waals surface area contributed by atoms with E-state index >= 15 is 0 Å². The summed E-state index contributed by atoms with van der Waals surface area (Å²) in [6, 6.07) is 9.33. The van der Waals surface area contributed by atoms with Gasteiger partial charge in [-0.25, -0.2) is 0 Å². The molecular weight excluding hydrogens is 366 g/mol. The molecule has 1 aromatic heterocycles. The summed E-state index contributed by atoms with van der Waals surface area (Å²) in [5, 5.41) is 12.2. The second-order valence-electron chi connectivity index (χ2n) is 6.13. The number of carbonyl (C=O) groups excluding carboxylic acids is 3. The van der Waals surface area contributed by atoms with Crippen LogP contribution in [0.2, 0.25) is 0 Å².